The standard InChI is InChI=1S/C70H125N3O29/c1-5-7-9-11-13-15-17-19-20-22-24-26-28-30-32-34-52(84)73-44(45(80)33-31-29-27-25-23-21-18-16-14-12-10-8-6-2)41-95-65-59(89)58(88)61(51(40-77)97-65)98-66-60(90)64(56(86)49(38-75)96-66)102-70(68(93)94)36-47(82)54(72-43(4)79)63(101-70)57(87)50(39-76)99-69(67(91)92)35-46(81)53(71-42(3)78)62(100-69)55(85)48(83)37-74/h15,17,44-51,53-66,74-77,80-83,85-90H,5-14,16,18-41H2,1-4H3,(H,71,78)(H,72,79)(H,73,84)(H,91,92)(H,93,94)/b17-15-/t44-,45+,46-,47-,48+,49+,50+,51+,53+,54+,55+,56-,57+,58+,59+,60+,61+,62?,63?,64-,65+,66-,69+,70-/m0/s1. The Morgan fingerprint density at radius 3 is 1.47 bits per heavy atom. The van der Waals surface area contributed by atoms with E-state index in [1.165, 1.54) is 70.6 Å². The summed E-state index contributed by atoms with van der Waals surface area (Å²) in [6, 6.07) is -4.64. The van der Waals surface area contributed by atoms with Gasteiger partial charge in [-0.2, -0.15) is 0 Å². The third-order valence-corrected chi connectivity index (χ3v) is 19.5. The number of unbranched alkanes of at least 4 members (excludes halogenated alkanes) is 23. The first kappa shape index (κ1) is 90.6. The average molecular weight is 1470 g/mol. The summed E-state index contributed by atoms with van der Waals surface area (Å²) >= 11 is 0. The fraction of sp³-hybridized carbons (Fsp3) is 0.900. The van der Waals surface area contributed by atoms with Crippen molar-refractivity contribution < 1.29 is 144 Å². The van der Waals surface area contributed by atoms with E-state index in [9.17, 15) is 106 Å². The molecule has 4 fully saturated rings. The van der Waals surface area contributed by atoms with Crippen molar-refractivity contribution in [3.63, 3.8) is 0 Å². The molecular weight excluding hydrogens is 1350 g/mol. The fourth-order valence-electron chi connectivity index (χ4n) is 13.5. The number of amides is 3. The maximum absolute atomic E-state index is 13.6. The maximum Gasteiger partial charge on any atom is 0.364 e. The lowest BCUT2D eigenvalue weighted by Gasteiger charge is -2.51. The molecule has 32 heteroatoms. The molecule has 24 atom stereocenters. The van der Waals surface area contributed by atoms with Crippen molar-refractivity contribution in [2.24, 2.45) is 0 Å². The second-order valence-corrected chi connectivity index (χ2v) is 27.9. The summed E-state index contributed by atoms with van der Waals surface area (Å²) in [7, 11) is 0. The van der Waals surface area contributed by atoms with Crippen LogP contribution < -0.4 is 16.0 Å². The van der Waals surface area contributed by atoms with Crippen LogP contribution in [0.5, 0.6) is 0 Å². The summed E-state index contributed by atoms with van der Waals surface area (Å²) in [5.41, 5.74) is 0. The second kappa shape index (κ2) is 47.8. The molecule has 0 saturated carbocycles. The van der Waals surface area contributed by atoms with Crippen LogP contribution in [0.2, 0.25) is 0 Å². The minimum Gasteiger partial charge on any atom is -0.477 e. The molecular formula is C70H125N3O29. The largest absolute Gasteiger partial charge is 0.477 e. The summed E-state index contributed by atoms with van der Waals surface area (Å²) in [6.07, 6.45) is -8.81. The quantitative estimate of drug-likeness (QED) is 0.0288. The van der Waals surface area contributed by atoms with Gasteiger partial charge in [0, 0.05) is 33.1 Å². The van der Waals surface area contributed by atoms with Gasteiger partial charge >= 0.3 is 11.9 Å². The number of aliphatic carboxylic acids is 2. The summed E-state index contributed by atoms with van der Waals surface area (Å²) in [5.74, 6) is -13.1. The van der Waals surface area contributed by atoms with Gasteiger partial charge < -0.3 is 136 Å². The van der Waals surface area contributed by atoms with Gasteiger partial charge in [-0.1, -0.05) is 161 Å². The zero-order valence-electron chi connectivity index (χ0n) is 60.1. The molecule has 0 aromatic carbocycles. The summed E-state index contributed by atoms with van der Waals surface area (Å²) in [6.45, 7) is 1.15. The second-order valence-electron chi connectivity index (χ2n) is 27.9. The molecule has 19 N–H and O–H groups in total. The lowest BCUT2D eigenvalue weighted by atomic mass is 9.87. The number of carbonyl (C=O) groups excluding carboxylic acids is 3. The summed E-state index contributed by atoms with van der Waals surface area (Å²) < 4.78 is 46.5. The molecule has 0 aromatic heterocycles. The Kier molecular flexibility index (Phi) is 42.5. The zero-order chi connectivity index (χ0) is 75.5. The highest BCUT2D eigenvalue weighted by molar-refractivity contribution is 5.78. The van der Waals surface area contributed by atoms with Crippen LogP contribution in [0, 0.1) is 0 Å². The molecule has 3 amide bonds. The molecule has 2 unspecified atom stereocenters. The minimum atomic E-state index is -3.39. The van der Waals surface area contributed by atoms with Gasteiger partial charge in [0.2, 0.25) is 17.7 Å². The highest BCUT2D eigenvalue weighted by atomic mass is 16.8. The van der Waals surface area contributed by atoms with E-state index in [1.807, 2.05) is 0 Å². The van der Waals surface area contributed by atoms with Gasteiger partial charge in [-0.15, -0.1) is 0 Å². The lowest BCUT2D eigenvalue weighted by Crippen LogP contribution is -2.72. The molecule has 4 heterocycles. The summed E-state index contributed by atoms with van der Waals surface area (Å²) in [5, 5.41) is 185. The van der Waals surface area contributed by atoms with Gasteiger partial charge in [0.1, 0.15) is 85.5 Å². The first-order valence-electron chi connectivity index (χ1n) is 37.2. The van der Waals surface area contributed by atoms with Crippen LogP contribution >= 0.6 is 0 Å². The van der Waals surface area contributed by atoms with E-state index in [1.54, 1.807) is 0 Å². The normalized spacial score (nSPS) is 31.7. The Bertz CT molecular complexity index is 2410. The van der Waals surface area contributed by atoms with Crippen LogP contribution in [0.25, 0.3) is 0 Å². The van der Waals surface area contributed by atoms with Crippen molar-refractivity contribution in [2.75, 3.05) is 33.0 Å². The van der Waals surface area contributed by atoms with Crippen molar-refractivity contribution in [3.8, 4) is 0 Å². The van der Waals surface area contributed by atoms with E-state index in [2.05, 4.69) is 41.9 Å². The number of hydrogen-bond donors (Lipinski definition) is 19. The van der Waals surface area contributed by atoms with Crippen molar-refractivity contribution >= 4 is 29.7 Å². The third-order valence-electron chi connectivity index (χ3n) is 19.5. The molecule has 4 aliphatic heterocycles. The molecule has 0 aliphatic carbocycles. The first-order valence-corrected chi connectivity index (χ1v) is 37.2. The van der Waals surface area contributed by atoms with Gasteiger partial charge in [0.15, 0.2) is 12.6 Å². The number of carboxylic acid groups (broad SMARTS) is 2. The topological polar surface area (TPSA) is 519 Å². The smallest absolute Gasteiger partial charge is 0.364 e. The number of hydrogen-bond acceptors (Lipinski definition) is 27. The molecule has 4 aliphatic rings. The van der Waals surface area contributed by atoms with Crippen LogP contribution in [-0.4, -0.2) is 290 Å². The molecule has 4 rings (SSSR count). The Balaban J connectivity index is 1.49. The molecule has 32 nitrogen and oxygen atoms in total. The summed E-state index contributed by atoms with van der Waals surface area (Å²) in [4.78, 5) is 65.0. The minimum absolute atomic E-state index is 0.170. The van der Waals surface area contributed by atoms with Crippen LogP contribution in [-0.2, 0) is 61.9 Å². The Morgan fingerprint density at radius 1 is 0.520 bits per heavy atom. The van der Waals surface area contributed by atoms with Gasteiger partial charge in [0.05, 0.1) is 69.5 Å². The number of carbonyl (C=O) groups is 5. The predicted molar refractivity (Wildman–Crippen MR) is 363 cm³/mol. The van der Waals surface area contributed by atoms with E-state index in [0.717, 1.165) is 97.3 Å². The van der Waals surface area contributed by atoms with Crippen molar-refractivity contribution in [1.82, 2.24) is 16.0 Å². The first-order chi connectivity index (χ1) is 48.7. The van der Waals surface area contributed by atoms with Gasteiger partial charge in [0.25, 0.3) is 11.6 Å². The van der Waals surface area contributed by atoms with Crippen molar-refractivity contribution in [2.45, 2.75) is 366 Å². The molecule has 594 valence electrons. The number of nitrogens with one attached hydrogen (secondary N) is 3. The van der Waals surface area contributed by atoms with E-state index in [-0.39, 0.29) is 12.3 Å². The molecule has 0 bridgehead atoms. The average Bonchev–Trinajstić information content (AvgIpc) is 0.755. The number of rotatable bonds is 52. The van der Waals surface area contributed by atoms with Crippen LogP contribution in [0.1, 0.15) is 220 Å². The number of allylic oxidation sites excluding steroid dienone is 2. The highest BCUT2D eigenvalue weighted by Gasteiger charge is 2.62. The van der Waals surface area contributed by atoms with E-state index in [4.69, 9.17) is 37.9 Å². The van der Waals surface area contributed by atoms with Gasteiger partial charge in [-0.05, 0) is 38.5 Å². The van der Waals surface area contributed by atoms with Crippen molar-refractivity contribution in [3.05, 3.63) is 12.2 Å². The highest BCUT2D eigenvalue weighted by Crippen LogP contribution is 2.41. The van der Waals surface area contributed by atoms with Gasteiger partial charge in [-0.3, -0.25) is 14.4 Å². The number of aliphatic hydroxyl groups excluding tert-OH is 14. The number of carboxylic acids is 2. The van der Waals surface area contributed by atoms with E-state index >= 15 is 0 Å². The van der Waals surface area contributed by atoms with Crippen LogP contribution in [0.4, 0.5) is 0 Å². The third kappa shape index (κ3) is 28.4. The van der Waals surface area contributed by atoms with Crippen LogP contribution in [0.3, 0.4) is 0 Å². The van der Waals surface area contributed by atoms with Crippen LogP contribution in [0.15, 0.2) is 12.2 Å². The zero-order valence-corrected chi connectivity index (χ0v) is 60.1. The van der Waals surface area contributed by atoms with Crippen molar-refractivity contribution in [1.29, 1.82) is 0 Å². The maximum atomic E-state index is 13.6. The fourth-order valence-corrected chi connectivity index (χ4v) is 13.5. The Hall–Kier alpha value is -3.79. The molecule has 0 spiro atoms. The van der Waals surface area contributed by atoms with Gasteiger partial charge in [-0.25, -0.2) is 9.59 Å². The molecule has 0 radical (unpaired) electrons. The number of aliphatic hydroxyl groups is 14. The molecule has 102 heavy (non-hydrogen) atoms. The molecule has 4 saturated heterocycles. The SMILES string of the molecule is CCCCCC/C=C\CCCCCCCCCC(=O)N[C@@H](CO[C@@H]1O[C@H](CO)[C@@H](O[C@@H]2O[C@H](CO)[C@H](O)[C@H](O[C@]3(C(=O)O)C[C@H](O)[C@@H](NC(C)=O)C([C@H](O)[C@@H](CO)O[C@]4(C(=O)O)C[C@H](O)[C@@H](NC(C)=O)C([C@H](O)[C@H](O)CO)O4)O3)[C@H]2O)[C@H](O)[C@H]1O)[C@H](O)CCCCCCCCCCCCCCC. The monoisotopic (exact) mass is 1470 g/mol. The Labute approximate surface area is 598 Å². The molecule has 0 aromatic rings. The Morgan fingerprint density at radius 2 is 0.980 bits per heavy atom. The van der Waals surface area contributed by atoms with E-state index < -0.39 is 216 Å². The number of ether oxygens (including phenoxy) is 8. The predicted octanol–water partition coefficient (Wildman–Crippen LogP) is 0.339. The lowest BCUT2D eigenvalue weighted by molar-refractivity contribution is -0.388. The van der Waals surface area contributed by atoms with E-state index in [0.29, 0.717) is 19.3 Å².